The summed E-state index contributed by atoms with van der Waals surface area (Å²) in [6.45, 7) is 0. The second kappa shape index (κ2) is 5.91. The monoisotopic (exact) mass is 288 g/mol. The van der Waals surface area contributed by atoms with Crippen LogP contribution >= 0.6 is 0 Å². The fourth-order valence-corrected chi connectivity index (χ4v) is 1.61. The number of nitrogens with zero attached hydrogens (tertiary/aromatic N) is 2. The fraction of sp³-hybridized carbons (Fsp3) is 0. The van der Waals surface area contributed by atoms with Crippen molar-refractivity contribution in [2.24, 2.45) is 0 Å². The van der Waals surface area contributed by atoms with Crippen molar-refractivity contribution in [2.45, 2.75) is 0 Å². The summed E-state index contributed by atoms with van der Waals surface area (Å²) in [5.74, 6) is -1.58. The maximum atomic E-state index is 12.9. The SMILES string of the molecule is O=C(/C=C/c1ccc(O)c([N+](=O)[O-])c1)c1cncc(F)c1. The van der Waals surface area contributed by atoms with Crippen LogP contribution in [0.2, 0.25) is 0 Å². The van der Waals surface area contributed by atoms with Crippen molar-refractivity contribution >= 4 is 17.5 Å². The van der Waals surface area contributed by atoms with Crippen LogP contribution in [-0.4, -0.2) is 20.8 Å². The highest BCUT2D eigenvalue weighted by Crippen LogP contribution is 2.26. The third-order valence-corrected chi connectivity index (χ3v) is 2.61. The minimum atomic E-state index is -0.731. The van der Waals surface area contributed by atoms with Crippen molar-refractivity contribution < 1.29 is 19.2 Å². The highest BCUT2D eigenvalue weighted by molar-refractivity contribution is 6.06. The molecular weight excluding hydrogens is 279 g/mol. The van der Waals surface area contributed by atoms with Gasteiger partial charge in [-0.2, -0.15) is 0 Å². The summed E-state index contributed by atoms with van der Waals surface area (Å²) in [6, 6.07) is 4.74. The summed E-state index contributed by atoms with van der Waals surface area (Å²) >= 11 is 0. The number of hydrogen-bond acceptors (Lipinski definition) is 5. The van der Waals surface area contributed by atoms with E-state index in [9.17, 15) is 24.4 Å². The van der Waals surface area contributed by atoms with Gasteiger partial charge in [0.1, 0.15) is 5.82 Å². The average molecular weight is 288 g/mol. The molecule has 106 valence electrons. The number of carbonyl (C=O) groups excluding carboxylic acids is 1. The van der Waals surface area contributed by atoms with Gasteiger partial charge in [-0.3, -0.25) is 19.9 Å². The van der Waals surface area contributed by atoms with Crippen molar-refractivity contribution in [3.63, 3.8) is 0 Å². The van der Waals surface area contributed by atoms with Crippen molar-refractivity contribution in [1.29, 1.82) is 0 Å². The quantitative estimate of drug-likeness (QED) is 0.404. The molecule has 0 saturated carbocycles. The molecule has 1 heterocycles. The van der Waals surface area contributed by atoms with E-state index in [0.717, 1.165) is 30.5 Å². The van der Waals surface area contributed by atoms with E-state index < -0.39 is 28.0 Å². The number of rotatable bonds is 4. The van der Waals surface area contributed by atoms with E-state index in [0.29, 0.717) is 5.56 Å². The molecule has 0 bridgehead atoms. The summed E-state index contributed by atoms with van der Waals surface area (Å²) in [5.41, 5.74) is -0.0336. The van der Waals surface area contributed by atoms with E-state index in [-0.39, 0.29) is 5.56 Å². The van der Waals surface area contributed by atoms with Gasteiger partial charge >= 0.3 is 5.69 Å². The number of carbonyl (C=O) groups is 1. The van der Waals surface area contributed by atoms with Gasteiger partial charge in [-0.1, -0.05) is 12.1 Å². The molecule has 7 heteroatoms. The molecule has 2 rings (SSSR count). The predicted octanol–water partition coefficient (Wildman–Crippen LogP) is 2.73. The van der Waals surface area contributed by atoms with Crippen LogP contribution in [0.15, 0.2) is 42.7 Å². The number of halogens is 1. The third-order valence-electron chi connectivity index (χ3n) is 2.61. The molecule has 0 aliphatic carbocycles. The number of pyridine rings is 1. The van der Waals surface area contributed by atoms with Gasteiger partial charge in [-0.15, -0.1) is 0 Å². The zero-order valence-corrected chi connectivity index (χ0v) is 10.6. The summed E-state index contributed by atoms with van der Waals surface area (Å²) in [5, 5.41) is 20.0. The van der Waals surface area contributed by atoms with Crippen LogP contribution in [0, 0.1) is 15.9 Å². The Balaban J connectivity index is 2.23. The van der Waals surface area contributed by atoms with E-state index in [4.69, 9.17) is 0 Å². The number of nitro benzene ring substituents is 1. The van der Waals surface area contributed by atoms with Gasteiger partial charge in [0.15, 0.2) is 11.5 Å². The molecule has 0 unspecified atom stereocenters. The first-order valence-electron chi connectivity index (χ1n) is 5.78. The zero-order chi connectivity index (χ0) is 15.4. The Kier molecular flexibility index (Phi) is 4.03. The predicted molar refractivity (Wildman–Crippen MR) is 72.3 cm³/mol. The number of benzene rings is 1. The van der Waals surface area contributed by atoms with Gasteiger partial charge in [0.05, 0.1) is 11.1 Å². The van der Waals surface area contributed by atoms with Crippen LogP contribution in [-0.2, 0) is 0 Å². The number of ketones is 1. The van der Waals surface area contributed by atoms with E-state index in [1.165, 1.54) is 18.3 Å². The first-order chi connectivity index (χ1) is 9.97. The Bertz CT molecular complexity index is 744. The highest BCUT2D eigenvalue weighted by atomic mass is 19.1. The Morgan fingerprint density at radius 2 is 2.10 bits per heavy atom. The molecule has 1 N–H and O–H groups in total. The van der Waals surface area contributed by atoms with E-state index in [1.54, 1.807) is 0 Å². The summed E-state index contributed by atoms with van der Waals surface area (Å²) in [6.07, 6.45) is 4.67. The van der Waals surface area contributed by atoms with Gasteiger partial charge < -0.3 is 5.11 Å². The molecule has 0 fully saturated rings. The molecule has 0 aliphatic rings. The van der Waals surface area contributed by atoms with Gasteiger partial charge in [0.25, 0.3) is 0 Å². The number of aromatic nitrogens is 1. The smallest absolute Gasteiger partial charge is 0.311 e. The molecular formula is C14H9FN2O4. The van der Waals surface area contributed by atoms with Crippen molar-refractivity contribution in [3.05, 3.63) is 69.8 Å². The topological polar surface area (TPSA) is 93.3 Å². The Morgan fingerprint density at radius 1 is 1.33 bits per heavy atom. The summed E-state index contributed by atoms with van der Waals surface area (Å²) < 4.78 is 12.9. The number of phenolic OH excluding ortho intramolecular Hbond substituents is 1. The molecule has 0 atom stereocenters. The van der Waals surface area contributed by atoms with Crippen LogP contribution in [0.25, 0.3) is 6.08 Å². The maximum Gasteiger partial charge on any atom is 0.311 e. The lowest BCUT2D eigenvalue weighted by Gasteiger charge is -1.98. The van der Waals surface area contributed by atoms with Crippen molar-refractivity contribution in [3.8, 4) is 5.75 Å². The molecule has 1 aromatic heterocycles. The molecule has 0 aliphatic heterocycles. The molecule has 0 saturated heterocycles. The number of aromatic hydroxyl groups is 1. The second-order valence-electron chi connectivity index (χ2n) is 4.09. The molecule has 0 spiro atoms. The molecule has 0 amide bonds. The Hall–Kier alpha value is -3.09. The lowest BCUT2D eigenvalue weighted by Crippen LogP contribution is -1.96. The van der Waals surface area contributed by atoms with Crippen LogP contribution in [0.4, 0.5) is 10.1 Å². The largest absolute Gasteiger partial charge is 0.502 e. The number of allylic oxidation sites excluding steroid dienone is 1. The van der Waals surface area contributed by atoms with Crippen molar-refractivity contribution in [1.82, 2.24) is 4.98 Å². The summed E-state index contributed by atoms with van der Waals surface area (Å²) in [7, 11) is 0. The van der Waals surface area contributed by atoms with Crippen LogP contribution in [0.3, 0.4) is 0 Å². The van der Waals surface area contributed by atoms with Gasteiger partial charge in [-0.25, -0.2) is 4.39 Å². The van der Waals surface area contributed by atoms with Gasteiger partial charge in [0.2, 0.25) is 0 Å². The highest BCUT2D eigenvalue weighted by Gasteiger charge is 2.12. The Morgan fingerprint density at radius 3 is 2.76 bits per heavy atom. The molecule has 1 aromatic carbocycles. The lowest BCUT2D eigenvalue weighted by atomic mass is 10.1. The minimum Gasteiger partial charge on any atom is -0.502 e. The first kappa shape index (κ1) is 14.3. The molecule has 6 nitrogen and oxygen atoms in total. The first-order valence-corrected chi connectivity index (χ1v) is 5.78. The number of phenols is 1. The minimum absolute atomic E-state index is 0.0690. The standard InChI is InChI=1S/C14H9FN2O4/c15-11-6-10(7-16-8-11)13(18)3-1-9-2-4-14(19)12(5-9)17(20)21/h1-8,19H/b3-1+. The number of hydrogen-bond donors (Lipinski definition) is 1. The van der Waals surface area contributed by atoms with Crippen LogP contribution < -0.4 is 0 Å². The second-order valence-corrected chi connectivity index (χ2v) is 4.09. The lowest BCUT2D eigenvalue weighted by molar-refractivity contribution is -0.385. The van der Waals surface area contributed by atoms with Gasteiger partial charge in [-0.05, 0) is 23.8 Å². The normalized spacial score (nSPS) is 10.7. The number of nitro groups is 1. The molecule has 0 radical (unpaired) electrons. The van der Waals surface area contributed by atoms with Gasteiger partial charge in [0, 0.05) is 17.8 Å². The third kappa shape index (κ3) is 3.47. The fourth-order valence-electron chi connectivity index (χ4n) is 1.61. The summed E-state index contributed by atoms with van der Waals surface area (Å²) in [4.78, 5) is 25.3. The molecule has 2 aromatic rings. The Labute approximate surface area is 118 Å². The zero-order valence-electron chi connectivity index (χ0n) is 10.6. The molecule has 21 heavy (non-hydrogen) atoms. The van der Waals surface area contributed by atoms with E-state index in [1.807, 2.05) is 0 Å². The van der Waals surface area contributed by atoms with Crippen LogP contribution in [0.5, 0.6) is 5.75 Å². The van der Waals surface area contributed by atoms with E-state index >= 15 is 0 Å². The van der Waals surface area contributed by atoms with E-state index in [2.05, 4.69) is 4.98 Å². The van der Waals surface area contributed by atoms with Crippen LogP contribution in [0.1, 0.15) is 15.9 Å². The van der Waals surface area contributed by atoms with Crippen molar-refractivity contribution in [2.75, 3.05) is 0 Å². The average Bonchev–Trinajstić information content (AvgIpc) is 2.45. The maximum absolute atomic E-state index is 12.9.